The summed E-state index contributed by atoms with van der Waals surface area (Å²) in [6.45, 7) is 1.89. The number of rotatable bonds is 5. The van der Waals surface area contributed by atoms with Gasteiger partial charge in [0.15, 0.2) is 11.5 Å². The average Bonchev–Trinajstić information content (AvgIpc) is 2.49. The Kier molecular flexibility index (Phi) is 5.11. The molecule has 0 radical (unpaired) electrons. The van der Waals surface area contributed by atoms with Crippen LogP contribution in [0.5, 0.6) is 11.5 Å². The van der Waals surface area contributed by atoms with Gasteiger partial charge in [-0.2, -0.15) is 8.42 Å². The normalized spacial score (nSPS) is 11.6. The van der Waals surface area contributed by atoms with Crippen molar-refractivity contribution in [2.24, 2.45) is 0 Å². The van der Waals surface area contributed by atoms with Gasteiger partial charge < -0.3 is 8.92 Å². The summed E-state index contributed by atoms with van der Waals surface area (Å²) in [5, 5.41) is 0.320. The fourth-order valence-electron chi connectivity index (χ4n) is 1.84. The van der Waals surface area contributed by atoms with Crippen molar-refractivity contribution in [2.75, 3.05) is 7.11 Å². The summed E-state index contributed by atoms with van der Waals surface area (Å²) in [7, 11) is -2.52. The Hall–Kier alpha value is -1.98. The van der Waals surface area contributed by atoms with Crippen LogP contribution in [0.3, 0.4) is 0 Å². The quantitative estimate of drug-likeness (QED) is 0.768. The van der Waals surface area contributed by atoms with E-state index in [2.05, 4.69) is 0 Å². The largest absolute Gasteiger partial charge is 0.493 e. The van der Waals surface area contributed by atoms with Crippen molar-refractivity contribution in [1.82, 2.24) is 0 Å². The van der Waals surface area contributed by atoms with Gasteiger partial charge in [0.2, 0.25) is 0 Å². The Balaban J connectivity index is 2.37. The van der Waals surface area contributed by atoms with Gasteiger partial charge in [-0.25, -0.2) is 0 Å². The third-order valence-electron chi connectivity index (χ3n) is 2.83. The van der Waals surface area contributed by atoms with Crippen LogP contribution in [-0.4, -0.2) is 15.5 Å². The van der Waals surface area contributed by atoms with Gasteiger partial charge in [0, 0.05) is 5.02 Å². The molecule has 22 heavy (non-hydrogen) atoms. The zero-order valence-electron chi connectivity index (χ0n) is 12.1. The summed E-state index contributed by atoms with van der Waals surface area (Å²) in [6.07, 6.45) is 3.75. The van der Waals surface area contributed by atoms with E-state index in [4.69, 9.17) is 20.5 Å². The van der Waals surface area contributed by atoms with Crippen molar-refractivity contribution >= 4 is 27.8 Å². The Labute approximate surface area is 135 Å². The standard InChI is InChI=1S/C16H15ClO4S/c1-3-5-12-8-9-15(16(10-12)20-2)21-22(18,19)14-7-4-6-13(17)11-14/h3-11H,1-2H3/b5-3+. The lowest BCUT2D eigenvalue weighted by Crippen LogP contribution is -2.10. The lowest BCUT2D eigenvalue weighted by molar-refractivity contribution is 0.390. The molecular formula is C16H15ClO4S. The van der Waals surface area contributed by atoms with Gasteiger partial charge in [-0.3, -0.25) is 0 Å². The van der Waals surface area contributed by atoms with Crippen molar-refractivity contribution in [1.29, 1.82) is 0 Å². The molecule has 0 amide bonds. The van der Waals surface area contributed by atoms with Gasteiger partial charge in [-0.05, 0) is 42.8 Å². The smallest absolute Gasteiger partial charge is 0.339 e. The molecule has 0 bridgehead atoms. The Morgan fingerprint density at radius 3 is 2.50 bits per heavy atom. The number of ether oxygens (including phenoxy) is 1. The highest BCUT2D eigenvalue weighted by Crippen LogP contribution is 2.31. The summed E-state index contributed by atoms with van der Waals surface area (Å²) >= 11 is 5.82. The molecule has 4 nitrogen and oxygen atoms in total. The number of halogens is 1. The summed E-state index contributed by atoms with van der Waals surface area (Å²) < 4.78 is 34.9. The lowest BCUT2D eigenvalue weighted by Gasteiger charge is -2.11. The number of hydrogen-bond donors (Lipinski definition) is 0. The second kappa shape index (κ2) is 6.85. The van der Waals surface area contributed by atoms with E-state index in [1.54, 1.807) is 30.3 Å². The maximum absolute atomic E-state index is 12.3. The van der Waals surface area contributed by atoms with Crippen LogP contribution in [0.1, 0.15) is 12.5 Å². The fourth-order valence-corrected chi connectivity index (χ4v) is 3.08. The molecule has 6 heteroatoms. The van der Waals surface area contributed by atoms with Crippen LogP contribution in [-0.2, 0) is 10.1 Å². The summed E-state index contributed by atoms with van der Waals surface area (Å²) in [5.41, 5.74) is 0.881. The maximum Gasteiger partial charge on any atom is 0.339 e. The van der Waals surface area contributed by atoms with E-state index in [9.17, 15) is 8.42 Å². The zero-order chi connectivity index (χ0) is 16.2. The second-order valence-corrected chi connectivity index (χ2v) is 6.39. The first-order chi connectivity index (χ1) is 10.5. The van der Waals surface area contributed by atoms with Gasteiger partial charge >= 0.3 is 10.1 Å². The number of hydrogen-bond acceptors (Lipinski definition) is 4. The lowest BCUT2D eigenvalue weighted by atomic mass is 10.2. The van der Waals surface area contributed by atoms with E-state index in [-0.39, 0.29) is 10.6 Å². The Morgan fingerprint density at radius 1 is 1.09 bits per heavy atom. The van der Waals surface area contributed by atoms with Gasteiger partial charge in [0.25, 0.3) is 0 Å². The molecule has 0 aliphatic heterocycles. The highest BCUT2D eigenvalue weighted by Gasteiger charge is 2.19. The molecule has 0 aliphatic carbocycles. The van der Waals surface area contributed by atoms with Crippen LogP contribution >= 0.6 is 11.6 Å². The Bertz CT molecular complexity index is 798. The van der Waals surface area contributed by atoms with Crippen LogP contribution in [0.2, 0.25) is 5.02 Å². The Morgan fingerprint density at radius 2 is 1.86 bits per heavy atom. The minimum atomic E-state index is -3.98. The zero-order valence-corrected chi connectivity index (χ0v) is 13.7. The van der Waals surface area contributed by atoms with E-state index in [1.807, 2.05) is 19.1 Å². The van der Waals surface area contributed by atoms with Gasteiger partial charge in [0.05, 0.1) is 7.11 Å². The molecule has 0 unspecified atom stereocenters. The average molecular weight is 339 g/mol. The van der Waals surface area contributed by atoms with Gasteiger partial charge in [-0.15, -0.1) is 0 Å². The van der Waals surface area contributed by atoms with E-state index >= 15 is 0 Å². The molecule has 2 rings (SSSR count). The van der Waals surface area contributed by atoms with E-state index in [0.717, 1.165) is 5.56 Å². The third kappa shape index (κ3) is 3.81. The number of allylic oxidation sites excluding steroid dienone is 1. The molecule has 0 atom stereocenters. The van der Waals surface area contributed by atoms with Crippen LogP contribution in [0, 0.1) is 0 Å². The van der Waals surface area contributed by atoms with Crippen LogP contribution in [0.25, 0.3) is 6.08 Å². The first-order valence-corrected chi connectivity index (χ1v) is 8.25. The molecule has 0 spiro atoms. The van der Waals surface area contributed by atoms with Gasteiger partial charge in [-0.1, -0.05) is 35.9 Å². The molecule has 2 aromatic carbocycles. The van der Waals surface area contributed by atoms with Crippen LogP contribution in [0.4, 0.5) is 0 Å². The molecule has 2 aromatic rings. The molecule has 0 aliphatic rings. The van der Waals surface area contributed by atoms with Crippen molar-refractivity contribution < 1.29 is 17.3 Å². The molecule has 0 fully saturated rings. The van der Waals surface area contributed by atoms with Crippen LogP contribution < -0.4 is 8.92 Å². The van der Waals surface area contributed by atoms with E-state index in [0.29, 0.717) is 10.8 Å². The fraction of sp³-hybridized carbons (Fsp3) is 0.125. The molecule has 0 aromatic heterocycles. The van der Waals surface area contributed by atoms with Crippen molar-refractivity contribution in [3.05, 3.63) is 59.1 Å². The monoisotopic (exact) mass is 338 g/mol. The summed E-state index contributed by atoms with van der Waals surface area (Å²) in [6, 6.07) is 10.9. The molecule has 0 N–H and O–H groups in total. The maximum atomic E-state index is 12.3. The van der Waals surface area contributed by atoms with E-state index < -0.39 is 10.1 Å². The minimum absolute atomic E-state index is 0.0143. The van der Waals surface area contributed by atoms with Crippen molar-refractivity contribution in [3.8, 4) is 11.5 Å². The highest BCUT2D eigenvalue weighted by atomic mass is 35.5. The van der Waals surface area contributed by atoms with Crippen molar-refractivity contribution in [2.45, 2.75) is 11.8 Å². The summed E-state index contributed by atoms with van der Waals surface area (Å²) in [4.78, 5) is -0.0143. The van der Waals surface area contributed by atoms with Crippen molar-refractivity contribution in [3.63, 3.8) is 0 Å². The second-order valence-electron chi connectivity index (χ2n) is 4.41. The third-order valence-corrected chi connectivity index (χ3v) is 4.30. The number of benzene rings is 2. The molecule has 116 valence electrons. The predicted octanol–water partition coefficient (Wildman–Crippen LogP) is 4.15. The topological polar surface area (TPSA) is 52.6 Å². The van der Waals surface area contributed by atoms with E-state index in [1.165, 1.54) is 19.2 Å². The predicted molar refractivity (Wildman–Crippen MR) is 87.0 cm³/mol. The number of methoxy groups -OCH3 is 1. The molecule has 0 saturated carbocycles. The van der Waals surface area contributed by atoms with Crippen LogP contribution in [0.15, 0.2) is 53.4 Å². The molecule has 0 saturated heterocycles. The first-order valence-electron chi connectivity index (χ1n) is 6.47. The molecular weight excluding hydrogens is 324 g/mol. The SMILES string of the molecule is C/C=C/c1ccc(OS(=O)(=O)c2cccc(Cl)c2)c(OC)c1. The first kappa shape index (κ1) is 16.4. The summed E-state index contributed by atoms with van der Waals surface area (Å²) in [5.74, 6) is 0.455. The highest BCUT2D eigenvalue weighted by molar-refractivity contribution is 7.87. The minimum Gasteiger partial charge on any atom is -0.493 e. The van der Waals surface area contributed by atoms with Gasteiger partial charge in [0.1, 0.15) is 4.90 Å². The molecule has 0 heterocycles.